The maximum absolute atomic E-state index is 13.3. The van der Waals surface area contributed by atoms with Crippen molar-refractivity contribution in [3.05, 3.63) is 35.6 Å². The molecule has 0 aromatic heterocycles. The molecule has 0 spiro atoms. The van der Waals surface area contributed by atoms with Crippen molar-refractivity contribution in [3.63, 3.8) is 0 Å². The van der Waals surface area contributed by atoms with Gasteiger partial charge in [0.1, 0.15) is 5.82 Å². The van der Waals surface area contributed by atoms with Crippen LogP contribution in [0.25, 0.3) is 0 Å². The molecular weight excluding hydrogens is 249 g/mol. The Morgan fingerprint density at radius 1 is 1.37 bits per heavy atom. The fourth-order valence-corrected chi connectivity index (χ4v) is 2.35. The number of hydrogen-bond acceptors (Lipinski definition) is 2. The SMILES string of the molecule is CC(=O)N(C(C)C)C(C)(C(=O)O)c1cccc(F)c1. The van der Waals surface area contributed by atoms with Crippen molar-refractivity contribution in [1.29, 1.82) is 0 Å². The topological polar surface area (TPSA) is 57.6 Å². The number of benzene rings is 1. The molecule has 104 valence electrons. The fourth-order valence-electron chi connectivity index (χ4n) is 2.35. The molecule has 0 bridgehead atoms. The van der Waals surface area contributed by atoms with E-state index in [0.29, 0.717) is 0 Å². The number of carbonyl (C=O) groups is 2. The van der Waals surface area contributed by atoms with Crippen LogP contribution in [0.2, 0.25) is 0 Å². The highest BCUT2D eigenvalue weighted by Gasteiger charge is 2.44. The monoisotopic (exact) mass is 267 g/mol. The average molecular weight is 267 g/mol. The number of hydrogen-bond donors (Lipinski definition) is 1. The summed E-state index contributed by atoms with van der Waals surface area (Å²) in [5.41, 5.74) is -1.36. The Kier molecular flexibility index (Phi) is 4.29. The zero-order valence-corrected chi connectivity index (χ0v) is 11.5. The van der Waals surface area contributed by atoms with Crippen molar-refractivity contribution >= 4 is 11.9 Å². The van der Waals surface area contributed by atoms with E-state index in [-0.39, 0.29) is 17.5 Å². The van der Waals surface area contributed by atoms with Gasteiger partial charge in [0.2, 0.25) is 5.91 Å². The number of rotatable bonds is 4. The maximum atomic E-state index is 13.3. The van der Waals surface area contributed by atoms with Crippen LogP contribution in [0.1, 0.15) is 33.3 Å². The van der Waals surface area contributed by atoms with E-state index >= 15 is 0 Å². The van der Waals surface area contributed by atoms with Crippen LogP contribution in [0.3, 0.4) is 0 Å². The predicted octanol–water partition coefficient (Wildman–Crippen LogP) is 2.38. The van der Waals surface area contributed by atoms with E-state index < -0.39 is 17.3 Å². The first-order chi connectivity index (χ1) is 8.71. The van der Waals surface area contributed by atoms with E-state index in [4.69, 9.17) is 0 Å². The largest absolute Gasteiger partial charge is 0.479 e. The molecular formula is C14H18FNO3. The first-order valence-electron chi connectivity index (χ1n) is 6.00. The Balaban J connectivity index is 3.47. The molecule has 0 fully saturated rings. The third kappa shape index (κ3) is 2.75. The van der Waals surface area contributed by atoms with Gasteiger partial charge in [0.05, 0.1) is 0 Å². The Bertz CT molecular complexity index is 501. The molecule has 0 aliphatic rings. The second-order valence-electron chi connectivity index (χ2n) is 4.87. The van der Waals surface area contributed by atoms with Crippen LogP contribution in [0, 0.1) is 5.82 Å². The third-order valence-electron chi connectivity index (χ3n) is 3.14. The molecule has 1 aromatic rings. The Morgan fingerprint density at radius 3 is 2.32 bits per heavy atom. The molecule has 0 heterocycles. The lowest BCUT2D eigenvalue weighted by Gasteiger charge is -2.40. The van der Waals surface area contributed by atoms with Crippen LogP contribution in [-0.2, 0) is 15.1 Å². The molecule has 0 radical (unpaired) electrons. The Labute approximate surface area is 111 Å². The molecule has 1 amide bonds. The maximum Gasteiger partial charge on any atom is 0.334 e. The van der Waals surface area contributed by atoms with Crippen molar-refractivity contribution < 1.29 is 19.1 Å². The second kappa shape index (κ2) is 5.38. The molecule has 1 atom stereocenters. The van der Waals surface area contributed by atoms with E-state index in [1.807, 2.05) is 0 Å². The average Bonchev–Trinajstić information content (AvgIpc) is 2.27. The molecule has 0 aliphatic carbocycles. The van der Waals surface area contributed by atoms with Crippen molar-refractivity contribution in [2.75, 3.05) is 0 Å². The number of carboxylic acids is 1. The highest BCUT2D eigenvalue weighted by molar-refractivity contribution is 5.87. The number of carbonyl (C=O) groups excluding carboxylic acids is 1. The summed E-state index contributed by atoms with van der Waals surface area (Å²) in [5.74, 6) is -2.09. The van der Waals surface area contributed by atoms with Gasteiger partial charge in [0.25, 0.3) is 0 Å². The van der Waals surface area contributed by atoms with E-state index in [1.54, 1.807) is 13.8 Å². The lowest BCUT2D eigenvalue weighted by molar-refractivity contribution is -0.160. The van der Waals surface area contributed by atoms with Gasteiger partial charge in [0.15, 0.2) is 5.54 Å². The Morgan fingerprint density at radius 2 is 1.95 bits per heavy atom. The summed E-state index contributed by atoms with van der Waals surface area (Å²) in [6.45, 7) is 6.16. The molecule has 4 nitrogen and oxygen atoms in total. The first-order valence-corrected chi connectivity index (χ1v) is 6.00. The lowest BCUT2D eigenvalue weighted by atomic mass is 9.88. The summed E-state index contributed by atoms with van der Waals surface area (Å²) in [7, 11) is 0. The van der Waals surface area contributed by atoms with Gasteiger partial charge in [0, 0.05) is 13.0 Å². The fraction of sp³-hybridized carbons (Fsp3) is 0.429. The third-order valence-corrected chi connectivity index (χ3v) is 3.14. The highest BCUT2D eigenvalue weighted by atomic mass is 19.1. The quantitative estimate of drug-likeness (QED) is 0.911. The minimum absolute atomic E-state index is 0.240. The van der Waals surface area contributed by atoms with Gasteiger partial charge in [-0.15, -0.1) is 0 Å². The van der Waals surface area contributed by atoms with E-state index in [0.717, 1.165) is 6.07 Å². The zero-order valence-electron chi connectivity index (χ0n) is 11.5. The molecule has 19 heavy (non-hydrogen) atoms. The molecule has 1 N–H and O–H groups in total. The number of halogens is 1. The van der Waals surface area contributed by atoms with Gasteiger partial charge in [-0.1, -0.05) is 12.1 Å². The molecule has 1 unspecified atom stereocenters. The van der Waals surface area contributed by atoms with Gasteiger partial charge < -0.3 is 10.0 Å². The lowest BCUT2D eigenvalue weighted by Crippen LogP contribution is -2.55. The van der Waals surface area contributed by atoms with Crippen LogP contribution in [0.15, 0.2) is 24.3 Å². The van der Waals surface area contributed by atoms with Crippen LogP contribution in [0.5, 0.6) is 0 Å². The van der Waals surface area contributed by atoms with Crippen molar-refractivity contribution in [3.8, 4) is 0 Å². The standard InChI is InChI=1S/C14H18FNO3/c1-9(2)16(10(3)17)14(4,13(18)19)11-6-5-7-12(15)8-11/h5-9H,1-4H3,(H,18,19). The molecule has 5 heteroatoms. The summed E-state index contributed by atoms with van der Waals surface area (Å²) < 4.78 is 13.3. The van der Waals surface area contributed by atoms with Crippen molar-refractivity contribution in [2.24, 2.45) is 0 Å². The number of carboxylic acid groups (broad SMARTS) is 1. The van der Waals surface area contributed by atoms with Crippen LogP contribution < -0.4 is 0 Å². The van der Waals surface area contributed by atoms with E-state index in [1.165, 1.54) is 36.9 Å². The highest BCUT2D eigenvalue weighted by Crippen LogP contribution is 2.31. The van der Waals surface area contributed by atoms with Crippen LogP contribution >= 0.6 is 0 Å². The molecule has 0 aliphatic heterocycles. The van der Waals surface area contributed by atoms with Crippen molar-refractivity contribution in [2.45, 2.75) is 39.3 Å². The summed E-state index contributed by atoms with van der Waals surface area (Å²) in [6, 6.07) is 5.01. The van der Waals surface area contributed by atoms with Crippen LogP contribution in [0.4, 0.5) is 4.39 Å². The smallest absolute Gasteiger partial charge is 0.334 e. The van der Waals surface area contributed by atoms with Crippen molar-refractivity contribution in [1.82, 2.24) is 4.90 Å². The predicted molar refractivity (Wildman–Crippen MR) is 69.0 cm³/mol. The minimum Gasteiger partial charge on any atom is -0.479 e. The molecule has 1 rings (SSSR count). The van der Waals surface area contributed by atoms with Gasteiger partial charge in [-0.25, -0.2) is 9.18 Å². The summed E-state index contributed by atoms with van der Waals surface area (Å²) in [6.07, 6.45) is 0. The van der Waals surface area contributed by atoms with Crippen LogP contribution in [-0.4, -0.2) is 27.9 Å². The van der Waals surface area contributed by atoms with Gasteiger partial charge >= 0.3 is 5.97 Å². The number of nitrogens with zero attached hydrogens (tertiary/aromatic N) is 1. The summed E-state index contributed by atoms with van der Waals surface area (Å²) >= 11 is 0. The van der Waals surface area contributed by atoms with Gasteiger partial charge in [-0.05, 0) is 38.5 Å². The number of aliphatic carboxylic acids is 1. The zero-order chi connectivity index (χ0) is 14.8. The van der Waals surface area contributed by atoms with E-state index in [9.17, 15) is 19.1 Å². The number of amides is 1. The Hall–Kier alpha value is -1.91. The molecule has 0 saturated heterocycles. The minimum atomic E-state index is -1.60. The molecule has 1 aromatic carbocycles. The summed E-state index contributed by atoms with van der Waals surface area (Å²) in [5, 5.41) is 9.53. The normalized spacial score (nSPS) is 14.0. The van der Waals surface area contributed by atoms with Gasteiger partial charge in [-0.3, -0.25) is 4.79 Å². The second-order valence-corrected chi connectivity index (χ2v) is 4.87. The van der Waals surface area contributed by atoms with E-state index in [2.05, 4.69) is 0 Å². The molecule has 0 saturated carbocycles. The summed E-state index contributed by atoms with van der Waals surface area (Å²) in [4.78, 5) is 24.7. The van der Waals surface area contributed by atoms with Gasteiger partial charge in [-0.2, -0.15) is 0 Å². The first kappa shape index (κ1) is 15.1.